The molecule has 1 fully saturated rings. The second-order valence-electron chi connectivity index (χ2n) is 7.77. The van der Waals surface area contributed by atoms with E-state index in [1.807, 2.05) is 0 Å². The Morgan fingerprint density at radius 3 is 2.41 bits per heavy atom. The van der Waals surface area contributed by atoms with Crippen LogP contribution in [0.15, 0.2) is 30.3 Å². The highest BCUT2D eigenvalue weighted by Gasteiger charge is 2.36. The number of fused-ring (bicyclic) bond motifs is 1. The number of hydrogen-bond donors (Lipinski definition) is 1. The van der Waals surface area contributed by atoms with Crippen LogP contribution in [0.5, 0.6) is 5.75 Å². The zero-order valence-corrected chi connectivity index (χ0v) is 17.9. The van der Waals surface area contributed by atoms with Crippen LogP contribution in [-0.4, -0.2) is 34.3 Å². The second-order valence-corrected chi connectivity index (χ2v) is 7.77. The Balaban J connectivity index is 1.62. The Morgan fingerprint density at radius 2 is 1.74 bits per heavy atom. The quantitative estimate of drug-likeness (QED) is 0.333. The van der Waals surface area contributed by atoms with Crippen molar-refractivity contribution in [3.05, 3.63) is 53.1 Å². The minimum absolute atomic E-state index is 0.0147. The van der Waals surface area contributed by atoms with Gasteiger partial charge >= 0.3 is 12.4 Å². The zero-order valence-electron chi connectivity index (χ0n) is 17.9. The molecular weight excluding hydrogens is 466 g/mol. The van der Waals surface area contributed by atoms with Crippen LogP contribution in [0.4, 0.5) is 32.2 Å². The smallest absolute Gasteiger partial charge is 0.433 e. The lowest BCUT2D eigenvalue weighted by molar-refractivity contribution is -0.141. The second kappa shape index (κ2) is 9.24. The Hall–Kier alpha value is -3.15. The van der Waals surface area contributed by atoms with Crippen LogP contribution in [0.1, 0.15) is 35.6 Å². The summed E-state index contributed by atoms with van der Waals surface area (Å²) in [5, 5.41) is 3.08. The molecule has 0 aliphatic heterocycles. The van der Waals surface area contributed by atoms with Gasteiger partial charge in [0, 0.05) is 5.39 Å². The van der Waals surface area contributed by atoms with Crippen molar-refractivity contribution < 1.29 is 35.8 Å². The van der Waals surface area contributed by atoms with E-state index in [1.165, 1.54) is 25.1 Å². The van der Waals surface area contributed by atoms with E-state index in [9.17, 15) is 26.3 Å². The number of ether oxygens (including phenoxy) is 2. The van der Waals surface area contributed by atoms with Crippen molar-refractivity contribution in [1.82, 2.24) is 15.0 Å². The molecule has 1 saturated carbocycles. The molecule has 4 rings (SSSR count). The van der Waals surface area contributed by atoms with Crippen LogP contribution >= 0.6 is 0 Å². The highest BCUT2D eigenvalue weighted by atomic mass is 19.4. The number of pyridine rings is 1. The molecule has 0 radical (unpaired) electrons. The van der Waals surface area contributed by atoms with Crippen molar-refractivity contribution in [2.24, 2.45) is 0 Å². The fourth-order valence-electron chi connectivity index (χ4n) is 3.26. The largest absolute Gasteiger partial charge is 0.491 e. The molecule has 3 aromatic rings. The Labute approximate surface area is 190 Å². The molecular formula is C22H20F6N4O2. The van der Waals surface area contributed by atoms with Gasteiger partial charge in [-0.3, -0.25) is 0 Å². The average molecular weight is 486 g/mol. The van der Waals surface area contributed by atoms with E-state index in [-0.39, 0.29) is 54.1 Å². The summed E-state index contributed by atoms with van der Waals surface area (Å²) in [6.07, 6.45) is -7.29. The van der Waals surface area contributed by atoms with Crippen molar-refractivity contribution in [2.75, 3.05) is 18.5 Å². The maximum absolute atomic E-state index is 13.7. The number of aromatic nitrogens is 3. The molecule has 2 heterocycles. The minimum atomic E-state index is -4.69. The first kappa shape index (κ1) is 24.0. The van der Waals surface area contributed by atoms with Crippen molar-refractivity contribution in [1.29, 1.82) is 0 Å². The van der Waals surface area contributed by atoms with Crippen molar-refractivity contribution in [3.8, 4) is 5.75 Å². The molecule has 1 N–H and O–H groups in total. The normalized spacial score (nSPS) is 14.4. The Morgan fingerprint density at radius 1 is 0.971 bits per heavy atom. The third-order valence-corrected chi connectivity index (χ3v) is 4.97. The van der Waals surface area contributed by atoms with Crippen LogP contribution in [0.25, 0.3) is 10.9 Å². The van der Waals surface area contributed by atoms with Gasteiger partial charge in [-0.2, -0.15) is 26.3 Å². The maximum Gasteiger partial charge on any atom is 0.433 e. The number of nitrogens with zero attached hydrogens (tertiary/aromatic N) is 3. The van der Waals surface area contributed by atoms with Crippen LogP contribution in [0.3, 0.4) is 0 Å². The first-order valence-corrected chi connectivity index (χ1v) is 10.4. The molecule has 0 atom stereocenters. The van der Waals surface area contributed by atoms with Gasteiger partial charge in [-0.15, -0.1) is 0 Å². The SMILES string of the molecule is Cc1nc(NCc2cccc(C(F)(F)F)n2)c2cc(OCCOC3CC3)c(C(F)(F)F)cc2n1. The summed E-state index contributed by atoms with van der Waals surface area (Å²) < 4.78 is 90.6. The summed E-state index contributed by atoms with van der Waals surface area (Å²) in [6, 6.07) is 5.52. The van der Waals surface area contributed by atoms with E-state index in [1.54, 1.807) is 0 Å². The molecule has 6 nitrogen and oxygen atoms in total. The molecule has 0 saturated heterocycles. The van der Waals surface area contributed by atoms with E-state index < -0.39 is 29.4 Å². The van der Waals surface area contributed by atoms with Gasteiger partial charge in [0.05, 0.1) is 36.0 Å². The first-order chi connectivity index (χ1) is 16.0. The van der Waals surface area contributed by atoms with Crippen molar-refractivity contribution in [2.45, 2.75) is 44.8 Å². The third kappa shape index (κ3) is 5.85. The van der Waals surface area contributed by atoms with Crippen LogP contribution < -0.4 is 10.1 Å². The molecule has 2 aromatic heterocycles. The number of anilines is 1. The maximum atomic E-state index is 13.7. The molecule has 0 spiro atoms. The van der Waals surface area contributed by atoms with Crippen LogP contribution in [0.2, 0.25) is 0 Å². The number of benzene rings is 1. The fraction of sp³-hybridized carbons (Fsp3) is 0.409. The molecule has 0 bridgehead atoms. The minimum Gasteiger partial charge on any atom is -0.491 e. The highest BCUT2D eigenvalue weighted by Crippen LogP contribution is 2.40. The average Bonchev–Trinajstić information content (AvgIpc) is 3.58. The molecule has 12 heteroatoms. The van der Waals surface area contributed by atoms with E-state index >= 15 is 0 Å². The topological polar surface area (TPSA) is 69.2 Å². The Kier molecular flexibility index (Phi) is 6.52. The lowest BCUT2D eigenvalue weighted by Crippen LogP contribution is -2.14. The van der Waals surface area contributed by atoms with Gasteiger partial charge in [0.2, 0.25) is 0 Å². The first-order valence-electron chi connectivity index (χ1n) is 10.4. The summed E-state index contributed by atoms with van der Waals surface area (Å²) in [4.78, 5) is 11.9. The van der Waals surface area contributed by atoms with Gasteiger partial charge in [-0.1, -0.05) is 6.07 Å². The van der Waals surface area contributed by atoms with Crippen LogP contribution in [-0.2, 0) is 23.6 Å². The number of aryl methyl sites for hydroxylation is 1. The predicted molar refractivity (Wildman–Crippen MR) is 110 cm³/mol. The molecule has 34 heavy (non-hydrogen) atoms. The van der Waals surface area contributed by atoms with Gasteiger partial charge in [-0.25, -0.2) is 15.0 Å². The summed E-state index contributed by atoms with van der Waals surface area (Å²) >= 11 is 0. The zero-order chi connectivity index (χ0) is 24.5. The Bertz CT molecular complexity index is 1180. The number of alkyl halides is 6. The fourth-order valence-corrected chi connectivity index (χ4v) is 3.26. The highest BCUT2D eigenvalue weighted by molar-refractivity contribution is 5.91. The third-order valence-electron chi connectivity index (χ3n) is 4.97. The summed E-state index contributed by atoms with van der Waals surface area (Å²) in [7, 11) is 0. The van der Waals surface area contributed by atoms with E-state index in [4.69, 9.17) is 9.47 Å². The van der Waals surface area contributed by atoms with Gasteiger partial charge in [0.25, 0.3) is 0 Å². The number of halogens is 6. The summed E-state index contributed by atoms with van der Waals surface area (Å²) in [5.74, 6) is -0.0757. The number of nitrogens with one attached hydrogen (secondary N) is 1. The van der Waals surface area contributed by atoms with Crippen molar-refractivity contribution in [3.63, 3.8) is 0 Å². The van der Waals surface area contributed by atoms with Crippen LogP contribution in [0, 0.1) is 6.92 Å². The molecule has 1 aliphatic rings. The molecule has 1 aromatic carbocycles. The molecule has 0 unspecified atom stereocenters. The van der Waals surface area contributed by atoms with Gasteiger partial charge in [-0.05, 0) is 44.0 Å². The van der Waals surface area contributed by atoms with E-state index in [0.717, 1.165) is 25.0 Å². The summed E-state index contributed by atoms with van der Waals surface area (Å²) in [6.45, 7) is 1.44. The number of hydrogen-bond acceptors (Lipinski definition) is 6. The molecule has 1 aliphatic carbocycles. The standard InChI is InChI=1S/C22H20F6N4O2/c1-12-30-17-10-16(21(23,24)25)18(34-8-7-33-14-5-6-14)9-15(17)20(31-12)29-11-13-3-2-4-19(32-13)22(26,27)28/h2-4,9-10,14H,5-8,11H2,1H3,(H,29,30,31). The lowest BCUT2D eigenvalue weighted by atomic mass is 10.1. The van der Waals surface area contributed by atoms with Gasteiger partial charge in [0.1, 0.15) is 29.7 Å². The number of rotatable bonds is 8. The van der Waals surface area contributed by atoms with E-state index in [0.29, 0.717) is 0 Å². The monoisotopic (exact) mass is 486 g/mol. The summed E-state index contributed by atoms with van der Waals surface area (Å²) in [5.41, 5.74) is -1.94. The molecule has 0 amide bonds. The molecule has 182 valence electrons. The predicted octanol–water partition coefficient (Wildman–Crippen LogP) is 5.54. The van der Waals surface area contributed by atoms with E-state index in [2.05, 4.69) is 20.3 Å². The van der Waals surface area contributed by atoms with Gasteiger partial charge in [0.15, 0.2) is 0 Å². The van der Waals surface area contributed by atoms with Gasteiger partial charge < -0.3 is 14.8 Å². The lowest BCUT2D eigenvalue weighted by Gasteiger charge is -2.17. The van der Waals surface area contributed by atoms with Crippen molar-refractivity contribution >= 4 is 16.7 Å².